The van der Waals surface area contributed by atoms with Crippen LogP contribution in [0.3, 0.4) is 0 Å². The fourth-order valence-corrected chi connectivity index (χ4v) is 1.49. The Morgan fingerprint density at radius 1 is 1.38 bits per heavy atom. The molecule has 2 heterocycles. The van der Waals surface area contributed by atoms with Gasteiger partial charge in [0.25, 0.3) is 0 Å². The van der Waals surface area contributed by atoms with Gasteiger partial charge in [0.05, 0.1) is 18.1 Å². The van der Waals surface area contributed by atoms with Crippen LogP contribution in [0, 0.1) is 0 Å². The summed E-state index contributed by atoms with van der Waals surface area (Å²) in [5, 5.41) is 14.2. The lowest BCUT2D eigenvalue weighted by molar-refractivity contribution is 0.214. The molecule has 0 aliphatic carbocycles. The number of aliphatic hydroxyl groups is 1. The summed E-state index contributed by atoms with van der Waals surface area (Å²) in [6, 6.07) is 0. The minimum absolute atomic E-state index is 0.540. The Hall–Kier alpha value is -1.75. The number of aliphatic hydroxyl groups excluding tert-OH is 1. The number of nitrogens with zero attached hydrogens (tertiary/aromatic N) is 4. The highest BCUT2D eigenvalue weighted by molar-refractivity contribution is 5.18. The maximum absolute atomic E-state index is 10.0. The molecular weight excluding hydrogens is 204 g/mol. The van der Waals surface area contributed by atoms with Gasteiger partial charge in [-0.1, -0.05) is 6.92 Å². The summed E-state index contributed by atoms with van der Waals surface area (Å²) < 4.78 is 1.81. The molecule has 1 atom stereocenters. The van der Waals surface area contributed by atoms with E-state index in [4.69, 9.17) is 0 Å². The third-order valence-electron chi connectivity index (χ3n) is 2.28. The van der Waals surface area contributed by atoms with E-state index in [-0.39, 0.29) is 0 Å². The van der Waals surface area contributed by atoms with Crippen LogP contribution in [0.5, 0.6) is 0 Å². The molecule has 0 aromatic carbocycles. The topological polar surface area (TPSA) is 63.8 Å². The fraction of sp³-hybridized carbons (Fsp3) is 0.364. The van der Waals surface area contributed by atoms with Crippen LogP contribution in [0.15, 0.2) is 31.0 Å². The van der Waals surface area contributed by atoms with Gasteiger partial charge in [0.1, 0.15) is 6.10 Å². The van der Waals surface area contributed by atoms with Gasteiger partial charge in [-0.25, -0.2) is 0 Å². The van der Waals surface area contributed by atoms with E-state index in [1.165, 1.54) is 0 Å². The van der Waals surface area contributed by atoms with Crippen molar-refractivity contribution in [3.05, 3.63) is 42.2 Å². The van der Waals surface area contributed by atoms with E-state index < -0.39 is 6.10 Å². The van der Waals surface area contributed by atoms with Crippen molar-refractivity contribution in [2.24, 2.45) is 0 Å². The molecule has 0 amide bonds. The van der Waals surface area contributed by atoms with Crippen molar-refractivity contribution in [2.75, 3.05) is 0 Å². The van der Waals surface area contributed by atoms with Crippen LogP contribution >= 0.6 is 0 Å². The van der Waals surface area contributed by atoms with Crippen LogP contribution in [0.2, 0.25) is 0 Å². The highest BCUT2D eigenvalue weighted by Gasteiger charge is 2.13. The van der Waals surface area contributed by atoms with Crippen molar-refractivity contribution in [1.29, 1.82) is 0 Å². The zero-order valence-electron chi connectivity index (χ0n) is 9.11. The first-order valence-corrected chi connectivity index (χ1v) is 5.27. The maximum Gasteiger partial charge on any atom is 0.126 e. The van der Waals surface area contributed by atoms with Crippen molar-refractivity contribution < 1.29 is 5.11 Å². The summed E-state index contributed by atoms with van der Waals surface area (Å²) in [6.07, 6.45) is 8.47. The molecule has 0 radical (unpaired) electrons. The third-order valence-corrected chi connectivity index (χ3v) is 2.28. The molecule has 0 spiro atoms. The zero-order chi connectivity index (χ0) is 11.4. The number of aromatic nitrogens is 4. The highest BCUT2D eigenvalue weighted by Crippen LogP contribution is 2.18. The van der Waals surface area contributed by atoms with Gasteiger partial charge in [-0.2, -0.15) is 5.10 Å². The lowest BCUT2D eigenvalue weighted by Gasteiger charge is -2.05. The summed E-state index contributed by atoms with van der Waals surface area (Å²) in [6.45, 7) is 2.94. The van der Waals surface area contributed by atoms with E-state index >= 15 is 0 Å². The van der Waals surface area contributed by atoms with Gasteiger partial charge in [0.2, 0.25) is 0 Å². The van der Waals surface area contributed by atoms with Crippen LogP contribution in [0.4, 0.5) is 0 Å². The van der Waals surface area contributed by atoms with E-state index in [0.717, 1.165) is 18.5 Å². The number of hydrogen-bond donors (Lipinski definition) is 1. The molecule has 0 fully saturated rings. The van der Waals surface area contributed by atoms with E-state index in [1.807, 2.05) is 10.9 Å². The lowest BCUT2D eigenvalue weighted by atomic mass is 10.1. The Morgan fingerprint density at radius 2 is 2.25 bits per heavy atom. The summed E-state index contributed by atoms with van der Waals surface area (Å²) in [7, 11) is 0. The Kier molecular flexibility index (Phi) is 3.26. The van der Waals surface area contributed by atoms with Gasteiger partial charge in [0.15, 0.2) is 0 Å². The number of hydrogen-bond acceptors (Lipinski definition) is 4. The zero-order valence-corrected chi connectivity index (χ0v) is 9.11. The maximum atomic E-state index is 10.0. The molecule has 2 rings (SSSR count). The predicted molar refractivity (Wildman–Crippen MR) is 58.6 cm³/mol. The molecule has 84 valence electrons. The van der Waals surface area contributed by atoms with Gasteiger partial charge in [-0.05, 0) is 6.42 Å². The van der Waals surface area contributed by atoms with Gasteiger partial charge < -0.3 is 5.11 Å². The molecule has 0 aliphatic heterocycles. The quantitative estimate of drug-likeness (QED) is 0.836. The second-order valence-corrected chi connectivity index (χ2v) is 3.57. The molecule has 0 saturated heterocycles. The minimum atomic E-state index is -0.751. The first kappa shape index (κ1) is 10.8. The average Bonchev–Trinajstić information content (AvgIpc) is 2.78. The molecule has 2 aromatic rings. The minimum Gasteiger partial charge on any atom is -0.382 e. The van der Waals surface area contributed by atoms with E-state index in [9.17, 15) is 5.11 Å². The van der Waals surface area contributed by atoms with Crippen LogP contribution in [0.1, 0.15) is 30.7 Å². The molecule has 2 aromatic heterocycles. The molecule has 1 N–H and O–H groups in total. The van der Waals surface area contributed by atoms with Crippen molar-refractivity contribution in [1.82, 2.24) is 19.7 Å². The van der Waals surface area contributed by atoms with Crippen LogP contribution in [0.25, 0.3) is 0 Å². The van der Waals surface area contributed by atoms with Gasteiger partial charge >= 0.3 is 0 Å². The Labute approximate surface area is 93.8 Å². The smallest absolute Gasteiger partial charge is 0.126 e. The van der Waals surface area contributed by atoms with Gasteiger partial charge in [-0.15, -0.1) is 0 Å². The fourth-order valence-electron chi connectivity index (χ4n) is 1.49. The average molecular weight is 218 g/mol. The molecule has 5 heteroatoms. The van der Waals surface area contributed by atoms with Crippen LogP contribution in [-0.2, 0) is 6.54 Å². The summed E-state index contributed by atoms with van der Waals surface area (Å²) in [4.78, 5) is 7.99. The van der Waals surface area contributed by atoms with E-state index in [2.05, 4.69) is 22.0 Å². The Morgan fingerprint density at radius 3 is 2.94 bits per heavy atom. The molecular formula is C11H14N4O. The van der Waals surface area contributed by atoms with E-state index in [1.54, 1.807) is 24.8 Å². The monoisotopic (exact) mass is 218 g/mol. The van der Waals surface area contributed by atoms with Gasteiger partial charge in [0, 0.05) is 30.7 Å². The van der Waals surface area contributed by atoms with Crippen molar-refractivity contribution in [3.8, 4) is 0 Å². The largest absolute Gasteiger partial charge is 0.382 e. The molecule has 1 unspecified atom stereocenters. The molecule has 5 nitrogen and oxygen atoms in total. The molecule has 0 bridgehead atoms. The normalized spacial score (nSPS) is 12.6. The van der Waals surface area contributed by atoms with Crippen molar-refractivity contribution >= 4 is 0 Å². The summed E-state index contributed by atoms with van der Waals surface area (Å²) in [5.41, 5.74) is 1.28. The lowest BCUT2D eigenvalue weighted by Crippen LogP contribution is -2.02. The third kappa shape index (κ3) is 2.25. The summed E-state index contributed by atoms with van der Waals surface area (Å²) >= 11 is 0. The summed E-state index contributed by atoms with van der Waals surface area (Å²) in [5.74, 6) is 0. The first-order chi connectivity index (χ1) is 7.81. The second kappa shape index (κ2) is 4.85. The SMILES string of the molecule is CCCn1cc(C(O)c2cnccn2)cn1. The molecule has 0 aliphatic rings. The van der Waals surface area contributed by atoms with Crippen LogP contribution in [-0.4, -0.2) is 24.9 Å². The highest BCUT2D eigenvalue weighted by atomic mass is 16.3. The molecule has 0 saturated carbocycles. The number of aryl methyl sites for hydroxylation is 1. The number of rotatable bonds is 4. The predicted octanol–water partition coefficient (Wildman–Crippen LogP) is 1.16. The van der Waals surface area contributed by atoms with Crippen molar-refractivity contribution in [2.45, 2.75) is 26.0 Å². The van der Waals surface area contributed by atoms with E-state index in [0.29, 0.717) is 5.69 Å². The van der Waals surface area contributed by atoms with Crippen LogP contribution < -0.4 is 0 Å². The van der Waals surface area contributed by atoms with Gasteiger partial charge in [-0.3, -0.25) is 14.6 Å². The Balaban J connectivity index is 2.17. The Bertz CT molecular complexity index is 440. The molecule has 16 heavy (non-hydrogen) atoms. The second-order valence-electron chi connectivity index (χ2n) is 3.57. The first-order valence-electron chi connectivity index (χ1n) is 5.27. The van der Waals surface area contributed by atoms with Crippen molar-refractivity contribution in [3.63, 3.8) is 0 Å². The standard InChI is InChI=1S/C11H14N4O/c1-2-5-15-8-9(6-14-15)11(16)10-7-12-3-4-13-10/h3-4,6-8,11,16H,2,5H2,1H3.